The molecule has 0 amide bonds. The Balaban J connectivity index is 1.67. The zero-order valence-corrected chi connectivity index (χ0v) is 13.2. The molecule has 0 aliphatic carbocycles. The molecule has 1 saturated heterocycles. The van der Waals surface area contributed by atoms with Gasteiger partial charge >= 0.3 is 0 Å². The van der Waals surface area contributed by atoms with Gasteiger partial charge in [0.2, 0.25) is 0 Å². The number of nitrogen functional groups attached to an aromatic ring is 1. The summed E-state index contributed by atoms with van der Waals surface area (Å²) in [6.45, 7) is 6.39. The fourth-order valence-corrected chi connectivity index (χ4v) is 2.60. The van der Waals surface area contributed by atoms with Gasteiger partial charge in [-0.05, 0) is 49.9 Å². The van der Waals surface area contributed by atoms with Crippen molar-refractivity contribution >= 4 is 22.9 Å². The van der Waals surface area contributed by atoms with Crippen LogP contribution in [-0.2, 0) is 0 Å². The molecular formula is C17H23N5. The second-order valence-corrected chi connectivity index (χ2v) is 5.89. The predicted octanol–water partition coefficient (Wildman–Crippen LogP) is 2.47. The number of benzene rings is 1. The summed E-state index contributed by atoms with van der Waals surface area (Å²) >= 11 is 0. The van der Waals surface area contributed by atoms with Crippen molar-refractivity contribution in [3.63, 3.8) is 0 Å². The van der Waals surface area contributed by atoms with E-state index in [4.69, 9.17) is 5.73 Å². The van der Waals surface area contributed by atoms with Gasteiger partial charge < -0.3 is 20.9 Å². The van der Waals surface area contributed by atoms with Crippen LogP contribution in [0.5, 0.6) is 0 Å². The molecule has 2 aromatic rings. The number of anilines is 4. The highest BCUT2D eigenvalue weighted by Crippen LogP contribution is 2.22. The molecule has 3 rings (SSSR count). The maximum absolute atomic E-state index is 5.80. The van der Waals surface area contributed by atoms with Gasteiger partial charge in [-0.25, -0.2) is 4.98 Å². The van der Waals surface area contributed by atoms with Gasteiger partial charge in [0.05, 0.1) is 11.9 Å². The van der Waals surface area contributed by atoms with Gasteiger partial charge in [-0.3, -0.25) is 0 Å². The third-order valence-corrected chi connectivity index (χ3v) is 4.16. The number of piperazine rings is 1. The van der Waals surface area contributed by atoms with E-state index in [2.05, 4.69) is 51.4 Å². The van der Waals surface area contributed by atoms with Crippen LogP contribution in [0, 0.1) is 6.92 Å². The lowest BCUT2D eigenvalue weighted by atomic mass is 10.2. The van der Waals surface area contributed by atoms with E-state index < -0.39 is 0 Å². The maximum atomic E-state index is 5.80. The lowest BCUT2D eigenvalue weighted by molar-refractivity contribution is 0.313. The first-order valence-corrected chi connectivity index (χ1v) is 7.64. The van der Waals surface area contributed by atoms with E-state index in [1.807, 2.05) is 13.0 Å². The van der Waals surface area contributed by atoms with Crippen molar-refractivity contribution < 1.29 is 0 Å². The molecule has 3 N–H and O–H groups in total. The summed E-state index contributed by atoms with van der Waals surface area (Å²) in [5.74, 6) is 0.819. The summed E-state index contributed by atoms with van der Waals surface area (Å²) < 4.78 is 0. The van der Waals surface area contributed by atoms with Crippen molar-refractivity contribution in [3.05, 3.63) is 42.1 Å². The van der Waals surface area contributed by atoms with E-state index in [1.54, 1.807) is 6.20 Å². The van der Waals surface area contributed by atoms with Gasteiger partial charge in [-0.1, -0.05) is 0 Å². The highest BCUT2D eigenvalue weighted by molar-refractivity contribution is 5.62. The van der Waals surface area contributed by atoms with Crippen molar-refractivity contribution in [3.8, 4) is 0 Å². The number of hydrogen-bond acceptors (Lipinski definition) is 5. The molecule has 0 saturated carbocycles. The van der Waals surface area contributed by atoms with Gasteiger partial charge in [0.25, 0.3) is 0 Å². The smallest absolute Gasteiger partial charge is 0.130 e. The summed E-state index contributed by atoms with van der Waals surface area (Å²) in [6.07, 6.45) is 1.69. The largest absolute Gasteiger partial charge is 0.397 e. The second kappa shape index (κ2) is 6.23. The molecule has 5 nitrogen and oxygen atoms in total. The number of aryl methyl sites for hydroxylation is 1. The molecule has 2 heterocycles. The van der Waals surface area contributed by atoms with Gasteiger partial charge in [-0.15, -0.1) is 0 Å². The van der Waals surface area contributed by atoms with Gasteiger partial charge in [0, 0.05) is 37.6 Å². The number of pyridine rings is 1. The number of nitrogens with two attached hydrogens (primary N) is 1. The molecule has 1 aliphatic rings. The average Bonchev–Trinajstić information content (AvgIpc) is 2.53. The Bertz CT molecular complexity index is 630. The van der Waals surface area contributed by atoms with Crippen LogP contribution >= 0.6 is 0 Å². The topological polar surface area (TPSA) is 57.4 Å². The third-order valence-electron chi connectivity index (χ3n) is 4.16. The molecule has 1 aromatic carbocycles. The quantitative estimate of drug-likeness (QED) is 0.911. The minimum absolute atomic E-state index is 0.718. The Morgan fingerprint density at radius 3 is 2.41 bits per heavy atom. The number of nitrogens with zero attached hydrogens (tertiary/aromatic N) is 3. The zero-order valence-electron chi connectivity index (χ0n) is 13.2. The zero-order chi connectivity index (χ0) is 15.5. The molecule has 0 atom stereocenters. The molecule has 1 aromatic heterocycles. The SMILES string of the molecule is Cc1cc(Nc2ccc(N3CCN(C)CC3)cc2)ncc1N. The first-order chi connectivity index (χ1) is 10.6. The first kappa shape index (κ1) is 14.7. The Morgan fingerprint density at radius 2 is 1.77 bits per heavy atom. The Labute approximate surface area is 131 Å². The molecular weight excluding hydrogens is 274 g/mol. The van der Waals surface area contributed by atoms with Crippen LogP contribution in [0.4, 0.5) is 22.9 Å². The third kappa shape index (κ3) is 3.31. The lowest BCUT2D eigenvalue weighted by Gasteiger charge is -2.34. The summed E-state index contributed by atoms with van der Waals surface area (Å²) in [6, 6.07) is 10.5. The Morgan fingerprint density at radius 1 is 1.09 bits per heavy atom. The van der Waals surface area contributed by atoms with Crippen molar-refractivity contribution in [2.45, 2.75) is 6.92 Å². The van der Waals surface area contributed by atoms with Gasteiger partial charge in [0.1, 0.15) is 5.82 Å². The Kier molecular flexibility index (Phi) is 4.15. The monoisotopic (exact) mass is 297 g/mol. The van der Waals surface area contributed by atoms with Crippen molar-refractivity contribution in [1.29, 1.82) is 0 Å². The normalized spacial score (nSPS) is 15.8. The molecule has 116 valence electrons. The molecule has 0 unspecified atom stereocenters. The van der Waals surface area contributed by atoms with E-state index in [0.29, 0.717) is 0 Å². The minimum Gasteiger partial charge on any atom is -0.397 e. The summed E-state index contributed by atoms with van der Waals surface area (Å²) in [5.41, 5.74) is 9.86. The summed E-state index contributed by atoms with van der Waals surface area (Å²) in [4.78, 5) is 9.09. The van der Waals surface area contributed by atoms with Crippen LogP contribution in [0.3, 0.4) is 0 Å². The fraction of sp³-hybridized carbons (Fsp3) is 0.353. The van der Waals surface area contributed by atoms with Crippen LogP contribution in [0.2, 0.25) is 0 Å². The number of hydrogen-bond donors (Lipinski definition) is 2. The van der Waals surface area contributed by atoms with Crippen LogP contribution < -0.4 is 16.0 Å². The highest BCUT2D eigenvalue weighted by Gasteiger charge is 2.13. The van der Waals surface area contributed by atoms with E-state index in [-0.39, 0.29) is 0 Å². The number of aromatic nitrogens is 1. The van der Waals surface area contributed by atoms with Crippen LogP contribution in [0.25, 0.3) is 0 Å². The fourth-order valence-electron chi connectivity index (χ4n) is 2.60. The van der Waals surface area contributed by atoms with E-state index in [0.717, 1.165) is 48.9 Å². The Hall–Kier alpha value is -2.27. The standard InChI is InChI=1S/C17H23N5/c1-13-11-17(19-12-16(13)18)20-14-3-5-15(6-4-14)22-9-7-21(2)8-10-22/h3-6,11-12H,7-10,18H2,1-2H3,(H,19,20). The summed E-state index contributed by atoms with van der Waals surface area (Å²) in [5, 5.41) is 3.32. The molecule has 0 bridgehead atoms. The number of rotatable bonds is 3. The highest BCUT2D eigenvalue weighted by atomic mass is 15.2. The second-order valence-electron chi connectivity index (χ2n) is 5.89. The first-order valence-electron chi connectivity index (χ1n) is 7.64. The van der Waals surface area contributed by atoms with E-state index >= 15 is 0 Å². The van der Waals surface area contributed by atoms with Crippen molar-refractivity contribution in [2.24, 2.45) is 0 Å². The number of likely N-dealkylation sites (N-methyl/N-ethyl adjacent to an activating group) is 1. The van der Waals surface area contributed by atoms with Gasteiger partial charge in [0.15, 0.2) is 0 Å². The van der Waals surface area contributed by atoms with Crippen LogP contribution in [0.15, 0.2) is 36.5 Å². The van der Waals surface area contributed by atoms with Crippen LogP contribution in [0.1, 0.15) is 5.56 Å². The predicted molar refractivity (Wildman–Crippen MR) is 92.8 cm³/mol. The molecule has 1 fully saturated rings. The molecule has 1 aliphatic heterocycles. The minimum atomic E-state index is 0.718. The van der Waals surface area contributed by atoms with Crippen LogP contribution in [-0.4, -0.2) is 43.1 Å². The van der Waals surface area contributed by atoms with Crippen molar-refractivity contribution in [2.75, 3.05) is 49.2 Å². The van der Waals surface area contributed by atoms with E-state index in [1.165, 1.54) is 5.69 Å². The lowest BCUT2D eigenvalue weighted by Crippen LogP contribution is -2.44. The molecule has 0 spiro atoms. The average molecular weight is 297 g/mol. The number of nitrogens with one attached hydrogen (secondary N) is 1. The summed E-state index contributed by atoms with van der Waals surface area (Å²) in [7, 11) is 2.17. The van der Waals surface area contributed by atoms with Gasteiger partial charge in [-0.2, -0.15) is 0 Å². The molecule has 0 radical (unpaired) electrons. The maximum Gasteiger partial charge on any atom is 0.130 e. The van der Waals surface area contributed by atoms with E-state index in [9.17, 15) is 0 Å². The van der Waals surface area contributed by atoms with Crippen molar-refractivity contribution in [1.82, 2.24) is 9.88 Å². The molecule has 5 heteroatoms. The molecule has 22 heavy (non-hydrogen) atoms.